The standard InChI is InChI=1S/C27H32N6O3/c1-18-7-10-32-22(15-20-17-31(11-12-35-20)26(34)36-27(3,4)5)25(30-24(32)13-18)21-16-28-23(14-19(21)2)33-9-6-8-29-33/h6-10,13-14,16,20H,11-12,15,17H2,1-5H3/t20-/m0/s1. The van der Waals surface area contributed by atoms with Gasteiger partial charge in [0, 0.05) is 43.3 Å². The molecule has 36 heavy (non-hydrogen) atoms. The summed E-state index contributed by atoms with van der Waals surface area (Å²) in [6.45, 7) is 11.2. The Labute approximate surface area is 210 Å². The minimum absolute atomic E-state index is 0.178. The third-order valence-corrected chi connectivity index (χ3v) is 6.18. The summed E-state index contributed by atoms with van der Waals surface area (Å²) >= 11 is 0. The van der Waals surface area contributed by atoms with Crippen LogP contribution in [0.15, 0.2) is 49.1 Å². The Hall–Kier alpha value is -3.72. The monoisotopic (exact) mass is 488 g/mol. The Morgan fingerprint density at radius 3 is 2.78 bits per heavy atom. The van der Waals surface area contributed by atoms with Gasteiger partial charge in [-0.15, -0.1) is 0 Å². The van der Waals surface area contributed by atoms with Crippen LogP contribution in [0.25, 0.3) is 22.7 Å². The Bertz CT molecular complexity index is 1390. The lowest BCUT2D eigenvalue weighted by atomic mass is 10.0. The Morgan fingerprint density at radius 2 is 2.06 bits per heavy atom. The van der Waals surface area contributed by atoms with Gasteiger partial charge in [0.1, 0.15) is 11.2 Å². The number of rotatable bonds is 4. The minimum atomic E-state index is -0.537. The number of aromatic nitrogens is 5. The summed E-state index contributed by atoms with van der Waals surface area (Å²) in [7, 11) is 0. The summed E-state index contributed by atoms with van der Waals surface area (Å²) < 4.78 is 15.6. The van der Waals surface area contributed by atoms with Crippen molar-refractivity contribution < 1.29 is 14.3 Å². The van der Waals surface area contributed by atoms with Crippen LogP contribution in [0.5, 0.6) is 0 Å². The quantitative estimate of drug-likeness (QED) is 0.424. The zero-order chi connectivity index (χ0) is 25.4. The average molecular weight is 489 g/mol. The number of imidazole rings is 1. The predicted molar refractivity (Wildman–Crippen MR) is 136 cm³/mol. The number of amides is 1. The molecule has 0 aliphatic carbocycles. The topological polar surface area (TPSA) is 86.8 Å². The van der Waals surface area contributed by atoms with E-state index in [-0.39, 0.29) is 12.2 Å². The van der Waals surface area contributed by atoms with Crippen LogP contribution >= 0.6 is 0 Å². The van der Waals surface area contributed by atoms with Gasteiger partial charge in [-0.05, 0) is 70.0 Å². The molecule has 1 amide bonds. The van der Waals surface area contributed by atoms with Gasteiger partial charge in [0.15, 0.2) is 5.82 Å². The Morgan fingerprint density at radius 1 is 1.22 bits per heavy atom. The SMILES string of the molecule is Cc1ccn2c(C[C@H]3CN(C(=O)OC(C)(C)C)CCO3)c(-c3cnc(-n4cccn4)cc3C)nc2c1. The van der Waals surface area contributed by atoms with E-state index in [1.807, 2.05) is 51.5 Å². The summed E-state index contributed by atoms with van der Waals surface area (Å²) in [5, 5.41) is 4.29. The van der Waals surface area contributed by atoms with Crippen LogP contribution in [0.3, 0.4) is 0 Å². The molecule has 5 rings (SSSR count). The van der Waals surface area contributed by atoms with Gasteiger partial charge in [-0.3, -0.25) is 0 Å². The van der Waals surface area contributed by atoms with Crippen molar-refractivity contribution in [2.75, 3.05) is 19.7 Å². The van der Waals surface area contributed by atoms with E-state index in [1.54, 1.807) is 15.8 Å². The van der Waals surface area contributed by atoms with E-state index in [4.69, 9.17) is 14.5 Å². The average Bonchev–Trinajstić information content (AvgIpc) is 3.47. The summed E-state index contributed by atoms with van der Waals surface area (Å²) in [6, 6.07) is 8.03. The molecule has 188 valence electrons. The van der Waals surface area contributed by atoms with Crippen LogP contribution in [0, 0.1) is 13.8 Å². The lowest BCUT2D eigenvalue weighted by Gasteiger charge is -2.34. The number of hydrogen-bond donors (Lipinski definition) is 0. The summed E-state index contributed by atoms with van der Waals surface area (Å²) in [4.78, 5) is 24.1. The molecule has 0 unspecified atom stereocenters. The molecule has 1 aliphatic rings. The van der Waals surface area contributed by atoms with E-state index >= 15 is 0 Å². The number of hydrogen-bond acceptors (Lipinski definition) is 6. The molecule has 0 N–H and O–H groups in total. The Balaban J connectivity index is 1.48. The van der Waals surface area contributed by atoms with Crippen LogP contribution < -0.4 is 0 Å². The second kappa shape index (κ2) is 9.39. The summed E-state index contributed by atoms with van der Waals surface area (Å²) in [5.74, 6) is 0.756. The molecular weight excluding hydrogens is 456 g/mol. The fourth-order valence-electron chi connectivity index (χ4n) is 4.48. The summed E-state index contributed by atoms with van der Waals surface area (Å²) in [5.41, 5.74) is 5.38. The maximum atomic E-state index is 12.7. The normalized spacial score (nSPS) is 16.5. The van der Waals surface area contributed by atoms with Gasteiger partial charge in [-0.25, -0.2) is 19.4 Å². The van der Waals surface area contributed by atoms with Crippen molar-refractivity contribution >= 4 is 11.7 Å². The van der Waals surface area contributed by atoms with Crippen LogP contribution in [-0.2, 0) is 15.9 Å². The third-order valence-electron chi connectivity index (χ3n) is 6.18. The Kier molecular flexibility index (Phi) is 6.26. The molecule has 9 nitrogen and oxygen atoms in total. The zero-order valence-corrected chi connectivity index (χ0v) is 21.4. The highest BCUT2D eigenvalue weighted by Gasteiger charge is 2.30. The number of morpholine rings is 1. The van der Waals surface area contributed by atoms with Crippen LogP contribution in [0.2, 0.25) is 0 Å². The molecule has 0 bridgehead atoms. The predicted octanol–water partition coefficient (Wildman–Crippen LogP) is 4.38. The van der Waals surface area contributed by atoms with Crippen LogP contribution in [0.1, 0.15) is 37.6 Å². The molecule has 0 spiro atoms. The maximum Gasteiger partial charge on any atom is 0.410 e. The number of carbonyl (C=O) groups excluding carboxylic acids is 1. The van der Waals surface area contributed by atoms with E-state index in [0.717, 1.165) is 39.5 Å². The van der Waals surface area contributed by atoms with Gasteiger partial charge in [0.25, 0.3) is 0 Å². The van der Waals surface area contributed by atoms with E-state index < -0.39 is 5.60 Å². The van der Waals surface area contributed by atoms with E-state index in [2.05, 4.69) is 40.5 Å². The van der Waals surface area contributed by atoms with Gasteiger partial charge in [0.05, 0.1) is 30.6 Å². The smallest absolute Gasteiger partial charge is 0.410 e. The van der Waals surface area contributed by atoms with Gasteiger partial charge in [-0.1, -0.05) is 0 Å². The highest BCUT2D eigenvalue weighted by Crippen LogP contribution is 2.30. The fourth-order valence-corrected chi connectivity index (χ4v) is 4.48. The molecule has 0 radical (unpaired) electrons. The van der Waals surface area contributed by atoms with Gasteiger partial charge >= 0.3 is 6.09 Å². The second-order valence-corrected chi connectivity index (χ2v) is 10.3. The molecule has 0 aromatic carbocycles. The van der Waals surface area contributed by atoms with Crippen molar-refractivity contribution in [3.05, 3.63) is 65.9 Å². The third kappa shape index (κ3) is 4.97. The molecule has 1 saturated heterocycles. The van der Waals surface area contributed by atoms with Gasteiger partial charge < -0.3 is 18.8 Å². The van der Waals surface area contributed by atoms with Crippen molar-refractivity contribution in [3.8, 4) is 17.1 Å². The molecule has 4 aromatic rings. The molecular formula is C27H32N6O3. The second-order valence-electron chi connectivity index (χ2n) is 10.3. The number of carbonyl (C=O) groups is 1. The first-order valence-electron chi connectivity index (χ1n) is 12.2. The van der Waals surface area contributed by atoms with Gasteiger partial charge in [-0.2, -0.15) is 5.10 Å². The highest BCUT2D eigenvalue weighted by atomic mass is 16.6. The first-order chi connectivity index (χ1) is 17.2. The number of nitrogens with zero attached hydrogens (tertiary/aromatic N) is 6. The van der Waals surface area contributed by atoms with Crippen molar-refractivity contribution in [2.45, 2.75) is 52.7 Å². The molecule has 1 aliphatic heterocycles. The van der Waals surface area contributed by atoms with E-state index in [0.29, 0.717) is 26.1 Å². The van der Waals surface area contributed by atoms with Crippen molar-refractivity contribution in [1.29, 1.82) is 0 Å². The molecule has 4 aromatic heterocycles. The zero-order valence-electron chi connectivity index (χ0n) is 21.4. The minimum Gasteiger partial charge on any atom is -0.444 e. The largest absolute Gasteiger partial charge is 0.444 e. The summed E-state index contributed by atoms with van der Waals surface area (Å²) in [6.07, 6.45) is 7.63. The molecule has 1 fully saturated rings. The molecule has 9 heteroatoms. The van der Waals surface area contributed by atoms with Gasteiger partial charge in [0.2, 0.25) is 0 Å². The molecule has 5 heterocycles. The molecule has 1 atom stereocenters. The lowest BCUT2D eigenvalue weighted by Crippen LogP contribution is -2.48. The first kappa shape index (κ1) is 24.0. The molecule has 0 saturated carbocycles. The van der Waals surface area contributed by atoms with Crippen LogP contribution in [0.4, 0.5) is 4.79 Å². The van der Waals surface area contributed by atoms with Crippen molar-refractivity contribution in [3.63, 3.8) is 0 Å². The number of aryl methyl sites for hydroxylation is 2. The van der Waals surface area contributed by atoms with Crippen molar-refractivity contribution in [2.24, 2.45) is 0 Å². The van der Waals surface area contributed by atoms with E-state index in [9.17, 15) is 4.79 Å². The number of fused-ring (bicyclic) bond motifs is 1. The lowest BCUT2D eigenvalue weighted by molar-refractivity contribution is -0.0418. The number of pyridine rings is 2. The fraction of sp³-hybridized carbons (Fsp3) is 0.407. The maximum absolute atomic E-state index is 12.7. The van der Waals surface area contributed by atoms with Crippen molar-refractivity contribution in [1.82, 2.24) is 29.0 Å². The highest BCUT2D eigenvalue weighted by molar-refractivity contribution is 5.70. The van der Waals surface area contributed by atoms with E-state index in [1.165, 1.54) is 0 Å². The van der Waals surface area contributed by atoms with Crippen LogP contribution in [-0.4, -0.2) is 66.5 Å². The first-order valence-corrected chi connectivity index (χ1v) is 12.2. The number of ether oxygens (including phenoxy) is 2.